The second-order valence-electron chi connectivity index (χ2n) is 12.2. The van der Waals surface area contributed by atoms with Gasteiger partial charge in [0, 0.05) is 37.3 Å². The summed E-state index contributed by atoms with van der Waals surface area (Å²) in [4.78, 5) is 24.5. The van der Waals surface area contributed by atoms with Gasteiger partial charge in [0.1, 0.15) is 5.82 Å². The molecule has 0 aliphatic carbocycles. The number of halogens is 4. The lowest BCUT2D eigenvalue weighted by Crippen LogP contribution is -2.38. The minimum atomic E-state index is -5.08. The van der Waals surface area contributed by atoms with E-state index in [4.69, 9.17) is 15.6 Å². The van der Waals surface area contributed by atoms with Gasteiger partial charge in [0.05, 0.1) is 16.8 Å². The van der Waals surface area contributed by atoms with Gasteiger partial charge in [0.2, 0.25) is 10.0 Å². The van der Waals surface area contributed by atoms with Crippen LogP contribution in [0.25, 0.3) is 22.0 Å². The molecule has 45 heavy (non-hydrogen) atoms. The number of nitrogens with one attached hydrogen (secondary N) is 2. The fourth-order valence-electron chi connectivity index (χ4n) is 5.08. The number of primary amides is 1. The number of nitrogens with two attached hydrogens (primary N) is 1. The number of fused-ring (bicyclic) bond motifs is 1. The van der Waals surface area contributed by atoms with Gasteiger partial charge in [-0.25, -0.2) is 21.9 Å². The van der Waals surface area contributed by atoms with Crippen LogP contribution in [0.15, 0.2) is 36.5 Å². The van der Waals surface area contributed by atoms with Crippen molar-refractivity contribution in [1.29, 1.82) is 0 Å². The average molecular weight is 657 g/mol. The standard InChI is InChI=1S/C29H39FN4O3S.C2HF3O2/c1-6-38(36,37)34-9-7-20(8-10-34)26-17-33-27-24(26)14-22(15-25(27)28(31)35)21-11-19(12-23(30)13-21)16-32-18(2)29(3,4)5;3-2(4,5)1(6)7/h11-15,17-18,20,32-33H,6-10,16H2,1-5H3,(H2,31,35);(H,6,7)/t18-;/m1./s1. The van der Waals surface area contributed by atoms with Gasteiger partial charge in [0.25, 0.3) is 5.91 Å². The number of carboxylic acids is 1. The summed E-state index contributed by atoms with van der Waals surface area (Å²) in [7, 11) is -3.22. The molecular formula is C31H40F4N4O5S. The van der Waals surface area contributed by atoms with Crippen LogP contribution in [0, 0.1) is 11.2 Å². The van der Waals surface area contributed by atoms with Crippen LogP contribution in [-0.4, -0.2) is 65.8 Å². The molecule has 3 aromatic rings. The van der Waals surface area contributed by atoms with Gasteiger partial charge in [-0.15, -0.1) is 0 Å². The monoisotopic (exact) mass is 656 g/mol. The second-order valence-corrected chi connectivity index (χ2v) is 14.5. The minimum Gasteiger partial charge on any atom is -0.475 e. The van der Waals surface area contributed by atoms with Crippen molar-refractivity contribution < 1.29 is 40.7 Å². The first kappa shape index (κ1) is 36.0. The van der Waals surface area contributed by atoms with E-state index in [1.165, 1.54) is 12.1 Å². The number of hydrogen-bond donors (Lipinski definition) is 4. The van der Waals surface area contributed by atoms with E-state index in [9.17, 15) is 30.8 Å². The molecule has 1 aromatic heterocycles. The number of amides is 1. The van der Waals surface area contributed by atoms with E-state index in [0.29, 0.717) is 54.7 Å². The number of alkyl halides is 3. The Labute approximate surface area is 260 Å². The largest absolute Gasteiger partial charge is 0.490 e. The number of aromatic nitrogens is 1. The first-order valence-corrected chi connectivity index (χ1v) is 16.1. The number of piperidine rings is 1. The Morgan fingerprint density at radius 2 is 1.67 bits per heavy atom. The number of H-pyrrole nitrogens is 1. The maximum absolute atomic E-state index is 14.7. The maximum atomic E-state index is 14.7. The molecule has 1 aliphatic heterocycles. The Hall–Kier alpha value is -3.49. The van der Waals surface area contributed by atoms with E-state index in [-0.39, 0.29) is 28.9 Å². The zero-order valence-electron chi connectivity index (χ0n) is 25.9. The van der Waals surface area contributed by atoms with Crippen LogP contribution < -0.4 is 11.1 Å². The summed E-state index contributed by atoms with van der Waals surface area (Å²) >= 11 is 0. The molecule has 14 heteroatoms. The van der Waals surface area contributed by atoms with Gasteiger partial charge in [-0.1, -0.05) is 20.8 Å². The van der Waals surface area contributed by atoms with Crippen LogP contribution in [-0.2, 0) is 21.4 Å². The van der Waals surface area contributed by atoms with Crippen LogP contribution in [0.5, 0.6) is 0 Å². The first-order chi connectivity index (χ1) is 20.7. The van der Waals surface area contributed by atoms with Gasteiger partial charge in [-0.3, -0.25) is 4.79 Å². The SMILES string of the molecule is CCS(=O)(=O)N1CCC(c2c[nH]c3c(C(N)=O)cc(-c4cc(F)cc(CN[C@H](C)C(C)(C)C)c4)cc23)CC1.O=C(O)C(F)(F)F. The highest BCUT2D eigenvalue weighted by Gasteiger charge is 2.38. The Morgan fingerprint density at radius 3 is 2.18 bits per heavy atom. The Bertz CT molecular complexity index is 1640. The zero-order chi connectivity index (χ0) is 33.9. The summed E-state index contributed by atoms with van der Waals surface area (Å²) in [6.45, 7) is 11.7. The lowest BCUT2D eigenvalue weighted by atomic mass is 9.88. The Morgan fingerprint density at radius 1 is 1.09 bits per heavy atom. The molecule has 0 unspecified atom stereocenters. The number of benzene rings is 2. The molecule has 4 rings (SSSR count). The van der Waals surface area contributed by atoms with Crippen LogP contribution in [0.1, 0.15) is 74.9 Å². The number of carbonyl (C=O) groups is 2. The number of nitrogens with zero attached hydrogens (tertiary/aromatic N) is 1. The highest BCUT2D eigenvalue weighted by Crippen LogP contribution is 2.37. The summed E-state index contributed by atoms with van der Waals surface area (Å²) in [5.41, 5.74) is 10.0. The predicted molar refractivity (Wildman–Crippen MR) is 165 cm³/mol. The van der Waals surface area contributed by atoms with Crippen molar-refractivity contribution in [3.05, 3.63) is 59.0 Å². The molecule has 1 saturated heterocycles. The maximum Gasteiger partial charge on any atom is 0.490 e. The molecule has 9 nitrogen and oxygen atoms in total. The van der Waals surface area contributed by atoms with Crippen molar-refractivity contribution in [2.24, 2.45) is 11.1 Å². The normalized spacial score (nSPS) is 15.8. The lowest BCUT2D eigenvalue weighted by Gasteiger charge is -2.31. The minimum absolute atomic E-state index is 0.0686. The summed E-state index contributed by atoms with van der Waals surface area (Å²) < 4.78 is 72.6. The van der Waals surface area contributed by atoms with Crippen molar-refractivity contribution in [3.63, 3.8) is 0 Å². The molecule has 248 valence electrons. The fraction of sp³-hybridized carbons (Fsp3) is 0.484. The molecule has 0 radical (unpaired) electrons. The number of aromatic amines is 1. The van der Waals surface area contributed by atoms with E-state index < -0.39 is 28.1 Å². The van der Waals surface area contributed by atoms with Crippen molar-refractivity contribution in [3.8, 4) is 11.1 Å². The first-order valence-electron chi connectivity index (χ1n) is 14.5. The molecule has 0 saturated carbocycles. The van der Waals surface area contributed by atoms with Crippen LogP contribution >= 0.6 is 0 Å². The molecule has 2 heterocycles. The third kappa shape index (κ3) is 9.04. The highest BCUT2D eigenvalue weighted by atomic mass is 32.2. The smallest absolute Gasteiger partial charge is 0.475 e. The van der Waals surface area contributed by atoms with Crippen LogP contribution in [0.2, 0.25) is 0 Å². The number of hydrogen-bond acceptors (Lipinski definition) is 5. The molecule has 1 fully saturated rings. The summed E-state index contributed by atoms with van der Waals surface area (Å²) in [5.74, 6) is -3.44. The van der Waals surface area contributed by atoms with E-state index >= 15 is 0 Å². The Kier molecular flexibility index (Phi) is 11.1. The molecular weight excluding hydrogens is 616 g/mol. The lowest BCUT2D eigenvalue weighted by molar-refractivity contribution is -0.192. The molecule has 1 amide bonds. The number of rotatable bonds is 8. The molecule has 5 N–H and O–H groups in total. The van der Waals surface area contributed by atoms with Gasteiger partial charge < -0.3 is 21.1 Å². The van der Waals surface area contributed by atoms with Crippen molar-refractivity contribution in [2.45, 2.75) is 72.1 Å². The molecule has 1 atom stereocenters. The fourth-order valence-corrected chi connectivity index (χ4v) is 6.21. The van der Waals surface area contributed by atoms with E-state index in [1.807, 2.05) is 18.3 Å². The summed E-state index contributed by atoms with van der Waals surface area (Å²) in [5, 5.41) is 11.5. The van der Waals surface area contributed by atoms with Crippen LogP contribution in [0.4, 0.5) is 17.6 Å². The molecule has 2 aromatic carbocycles. The molecule has 0 bridgehead atoms. The Balaban J connectivity index is 0.000000707. The van der Waals surface area contributed by atoms with E-state index in [0.717, 1.165) is 16.5 Å². The van der Waals surface area contributed by atoms with E-state index in [1.54, 1.807) is 17.3 Å². The number of carboxylic acid groups (broad SMARTS) is 1. The number of carbonyl (C=O) groups excluding carboxylic acids is 1. The van der Waals surface area contributed by atoms with Gasteiger partial charge in [-0.05, 0) is 90.6 Å². The topological polar surface area (TPSA) is 146 Å². The quantitative estimate of drug-likeness (QED) is 0.227. The average Bonchev–Trinajstić information content (AvgIpc) is 3.38. The number of aliphatic carboxylic acids is 1. The summed E-state index contributed by atoms with van der Waals surface area (Å²) in [6.07, 6.45) is -1.82. The van der Waals surface area contributed by atoms with Crippen molar-refractivity contribution >= 4 is 32.8 Å². The van der Waals surface area contributed by atoms with Crippen molar-refractivity contribution in [2.75, 3.05) is 18.8 Å². The third-order valence-corrected chi connectivity index (χ3v) is 10.1. The zero-order valence-corrected chi connectivity index (χ0v) is 26.7. The summed E-state index contributed by atoms with van der Waals surface area (Å²) in [6, 6.07) is 8.87. The molecule has 1 aliphatic rings. The molecule has 0 spiro atoms. The van der Waals surface area contributed by atoms with Gasteiger partial charge >= 0.3 is 12.1 Å². The van der Waals surface area contributed by atoms with E-state index in [2.05, 4.69) is 38.0 Å². The highest BCUT2D eigenvalue weighted by molar-refractivity contribution is 7.89. The third-order valence-electron chi connectivity index (χ3n) is 8.18. The predicted octanol–water partition coefficient (Wildman–Crippen LogP) is 5.76. The van der Waals surface area contributed by atoms with Crippen molar-refractivity contribution in [1.82, 2.24) is 14.6 Å². The van der Waals surface area contributed by atoms with Gasteiger partial charge in [-0.2, -0.15) is 13.2 Å². The van der Waals surface area contributed by atoms with Crippen LogP contribution in [0.3, 0.4) is 0 Å². The van der Waals surface area contributed by atoms with Gasteiger partial charge in [0.15, 0.2) is 0 Å². The number of sulfonamides is 1. The second kappa shape index (κ2) is 13.9.